The van der Waals surface area contributed by atoms with Crippen molar-refractivity contribution in [2.24, 2.45) is 11.1 Å². The number of hydrogen-bond donors (Lipinski definition) is 3. The Morgan fingerprint density at radius 1 is 1.23 bits per heavy atom. The number of nitrogens with one attached hydrogen (secondary N) is 1. The lowest BCUT2D eigenvalue weighted by molar-refractivity contribution is -0.144. The molecule has 0 saturated carbocycles. The molecule has 0 bridgehead atoms. The second-order valence-corrected chi connectivity index (χ2v) is 8.75. The Hall–Kier alpha value is -2.27. The minimum absolute atomic E-state index is 0.277. The summed E-state index contributed by atoms with van der Waals surface area (Å²) in [7, 11) is 0. The lowest BCUT2D eigenvalue weighted by Gasteiger charge is -2.31. The normalized spacial score (nSPS) is 21.8. The van der Waals surface area contributed by atoms with Gasteiger partial charge < -0.3 is 21.1 Å². The molecule has 6 nitrogen and oxygen atoms in total. The third-order valence-corrected chi connectivity index (χ3v) is 5.03. The maximum atomic E-state index is 14.4. The maximum absolute atomic E-state index is 14.4. The molecule has 1 aliphatic heterocycles. The van der Waals surface area contributed by atoms with Gasteiger partial charge in [0.05, 0.1) is 6.42 Å². The van der Waals surface area contributed by atoms with Crippen LogP contribution in [0.25, 0.3) is 0 Å². The molecule has 174 valence electrons. The van der Waals surface area contributed by atoms with E-state index in [4.69, 9.17) is 5.73 Å². The standard InChI is InChI=1S/C20H26F5N3O3/c1-19(2,3)18(31)27-9-15-20(24,25)8-17(30)28(15)16(29)6-11(26)4-10-5-13(22)14(23)7-12(10)21/h5,7,11,15,17,30H,4,6,8-9,26H2,1-3H3,(H,27,31)/t11-,15-,17?/m1/s1. The largest absolute Gasteiger partial charge is 0.373 e. The van der Waals surface area contributed by atoms with Gasteiger partial charge in [0.1, 0.15) is 18.1 Å². The van der Waals surface area contributed by atoms with Gasteiger partial charge >= 0.3 is 0 Å². The van der Waals surface area contributed by atoms with Crippen LogP contribution in [0.5, 0.6) is 0 Å². The van der Waals surface area contributed by atoms with Crippen LogP contribution in [0.1, 0.15) is 39.2 Å². The molecule has 1 saturated heterocycles. The van der Waals surface area contributed by atoms with Crippen LogP contribution in [0.2, 0.25) is 0 Å². The first-order valence-corrected chi connectivity index (χ1v) is 9.68. The molecule has 2 amide bonds. The molecule has 0 aliphatic carbocycles. The molecule has 1 heterocycles. The van der Waals surface area contributed by atoms with Crippen LogP contribution in [-0.4, -0.2) is 52.6 Å². The van der Waals surface area contributed by atoms with E-state index in [0.29, 0.717) is 17.0 Å². The minimum atomic E-state index is -3.46. The summed E-state index contributed by atoms with van der Waals surface area (Å²) in [6, 6.07) is -1.96. The molecule has 0 aromatic heterocycles. The zero-order valence-corrected chi connectivity index (χ0v) is 17.4. The highest BCUT2D eigenvalue weighted by atomic mass is 19.3. The van der Waals surface area contributed by atoms with Crippen molar-refractivity contribution in [3.8, 4) is 0 Å². The van der Waals surface area contributed by atoms with Gasteiger partial charge in [-0.05, 0) is 18.1 Å². The van der Waals surface area contributed by atoms with Gasteiger partial charge in [-0.25, -0.2) is 22.0 Å². The zero-order valence-electron chi connectivity index (χ0n) is 17.4. The lowest BCUT2D eigenvalue weighted by Crippen LogP contribution is -2.53. The topological polar surface area (TPSA) is 95.7 Å². The molecule has 1 fully saturated rings. The van der Waals surface area contributed by atoms with Crippen molar-refractivity contribution in [2.75, 3.05) is 6.54 Å². The summed E-state index contributed by atoms with van der Waals surface area (Å²) in [5.74, 6) is -8.64. The Morgan fingerprint density at radius 2 is 1.81 bits per heavy atom. The summed E-state index contributed by atoms with van der Waals surface area (Å²) in [5.41, 5.74) is 4.67. The number of aliphatic hydroxyl groups is 1. The Labute approximate surface area is 176 Å². The maximum Gasteiger partial charge on any atom is 0.274 e. The van der Waals surface area contributed by atoms with Crippen LogP contribution in [0.3, 0.4) is 0 Å². The summed E-state index contributed by atoms with van der Waals surface area (Å²) < 4.78 is 68.9. The monoisotopic (exact) mass is 451 g/mol. The fraction of sp³-hybridized carbons (Fsp3) is 0.600. The van der Waals surface area contributed by atoms with Crippen molar-refractivity contribution in [3.63, 3.8) is 0 Å². The van der Waals surface area contributed by atoms with Gasteiger partial charge in [-0.3, -0.25) is 9.59 Å². The van der Waals surface area contributed by atoms with Gasteiger partial charge in [-0.15, -0.1) is 0 Å². The highest BCUT2D eigenvalue weighted by Crippen LogP contribution is 2.37. The summed E-state index contributed by atoms with van der Waals surface area (Å²) >= 11 is 0. The Morgan fingerprint density at radius 3 is 2.39 bits per heavy atom. The molecule has 11 heteroatoms. The molecule has 1 unspecified atom stereocenters. The number of amides is 2. The highest BCUT2D eigenvalue weighted by molar-refractivity contribution is 5.81. The Bertz CT molecular complexity index is 844. The number of carbonyl (C=O) groups excluding carboxylic acids is 2. The van der Waals surface area contributed by atoms with Crippen LogP contribution in [0.4, 0.5) is 22.0 Å². The van der Waals surface area contributed by atoms with Crippen molar-refractivity contribution < 1.29 is 36.6 Å². The molecule has 0 spiro atoms. The number of rotatable bonds is 6. The highest BCUT2D eigenvalue weighted by Gasteiger charge is 2.55. The van der Waals surface area contributed by atoms with Crippen LogP contribution < -0.4 is 11.1 Å². The average Bonchev–Trinajstić information content (AvgIpc) is 2.84. The quantitative estimate of drug-likeness (QED) is 0.456. The number of aliphatic hydroxyl groups excluding tert-OH is 1. The van der Waals surface area contributed by atoms with E-state index in [9.17, 15) is 36.6 Å². The molecular weight excluding hydrogens is 425 g/mol. The molecule has 1 aromatic carbocycles. The van der Waals surface area contributed by atoms with Gasteiger partial charge in [-0.1, -0.05) is 20.8 Å². The first-order chi connectivity index (χ1) is 14.1. The van der Waals surface area contributed by atoms with E-state index in [2.05, 4.69) is 5.32 Å². The molecule has 2 rings (SSSR count). The number of alkyl halides is 2. The van der Waals surface area contributed by atoms with Gasteiger partial charge in [0.15, 0.2) is 11.6 Å². The zero-order chi connectivity index (χ0) is 23.7. The van der Waals surface area contributed by atoms with E-state index >= 15 is 0 Å². The van der Waals surface area contributed by atoms with Gasteiger partial charge in [0.2, 0.25) is 11.8 Å². The molecule has 4 N–H and O–H groups in total. The third-order valence-electron chi connectivity index (χ3n) is 5.03. The first-order valence-electron chi connectivity index (χ1n) is 9.68. The van der Waals surface area contributed by atoms with E-state index in [1.807, 2.05) is 0 Å². The lowest BCUT2D eigenvalue weighted by atomic mass is 9.95. The molecule has 1 aromatic rings. The molecule has 0 radical (unpaired) electrons. The summed E-state index contributed by atoms with van der Waals surface area (Å²) in [5, 5.41) is 12.4. The van der Waals surface area contributed by atoms with Crippen molar-refractivity contribution in [1.82, 2.24) is 10.2 Å². The van der Waals surface area contributed by atoms with E-state index in [1.54, 1.807) is 20.8 Å². The van der Waals surface area contributed by atoms with Gasteiger partial charge in [0, 0.05) is 30.5 Å². The minimum Gasteiger partial charge on any atom is -0.373 e. The number of hydrogen-bond acceptors (Lipinski definition) is 4. The fourth-order valence-corrected chi connectivity index (χ4v) is 3.34. The molecular formula is C20H26F5N3O3. The SMILES string of the molecule is CC(C)(C)C(=O)NC[C@H]1N(C(=O)C[C@H](N)Cc2cc(F)c(F)cc2F)C(O)CC1(F)F. The number of likely N-dealkylation sites (tertiary alicyclic amines) is 1. The van der Waals surface area contributed by atoms with E-state index in [0.717, 1.165) is 0 Å². The Kier molecular flexibility index (Phi) is 7.32. The molecule has 1 aliphatic rings. The number of benzene rings is 1. The van der Waals surface area contributed by atoms with Crippen LogP contribution >= 0.6 is 0 Å². The number of nitrogens with two attached hydrogens (primary N) is 1. The second kappa shape index (κ2) is 9.07. The van der Waals surface area contributed by atoms with Crippen LogP contribution in [-0.2, 0) is 16.0 Å². The van der Waals surface area contributed by atoms with Crippen molar-refractivity contribution in [3.05, 3.63) is 35.1 Å². The average molecular weight is 451 g/mol. The van der Waals surface area contributed by atoms with Gasteiger partial charge in [0.25, 0.3) is 5.92 Å². The third kappa shape index (κ3) is 5.91. The molecule has 31 heavy (non-hydrogen) atoms. The predicted octanol–water partition coefficient (Wildman–Crippen LogP) is 2.08. The van der Waals surface area contributed by atoms with Crippen LogP contribution in [0, 0.1) is 22.9 Å². The Balaban J connectivity index is 2.10. The smallest absolute Gasteiger partial charge is 0.274 e. The van der Waals surface area contributed by atoms with E-state index < -0.39 is 78.3 Å². The summed E-state index contributed by atoms with van der Waals surface area (Å²) in [4.78, 5) is 25.2. The predicted molar refractivity (Wildman–Crippen MR) is 101 cm³/mol. The number of carbonyl (C=O) groups is 2. The second-order valence-electron chi connectivity index (χ2n) is 8.75. The van der Waals surface area contributed by atoms with Crippen molar-refractivity contribution in [1.29, 1.82) is 0 Å². The number of halogens is 5. The van der Waals surface area contributed by atoms with Gasteiger partial charge in [-0.2, -0.15) is 0 Å². The van der Waals surface area contributed by atoms with Crippen molar-refractivity contribution >= 4 is 11.8 Å². The molecule has 3 atom stereocenters. The first kappa shape index (κ1) is 25.0. The number of nitrogens with zero attached hydrogens (tertiary/aromatic N) is 1. The van der Waals surface area contributed by atoms with Crippen molar-refractivity contribution in [2.45, 2.75) is 64.3 Å². The van der Waals surface area contributed by atoms with Crippen LogP contribution in [0.15, 0.2) is 12.1 Å². The summed E-state index contributed by atoms with van der Waals surface area (Å²) in [6.45, 7) is 4.18. The van der Waals surface area contributed by atoms with E-state index in [-0.39, 0.29) is 12.0 Å². The van der Waals surface area contributed by atoms with E-state index in [1.165, 1.54) is 0 Å². The fourth-order valence-electron chi connectivity index (χ4n) is 3.34. The summed E-state index contributed by atoms with van der Waals surface area (Å²) in [6.07, 6.45) is -3.73.